The number of aromatic nitrogens is 2. The average Bonchev–Trinajstić information content (AvgIpc) is 3.34. The number of aliphatic imine (C=N–C) groups is 1. The summed E-state index contributed by atoms with van der Waals surface area (Å²) in [7, 11) is 1.72. The van der Waals surface area contributed by atoms with Crippen LogP contribution in [0.1, 0.15) is 13.3 Å². The van der Waals surface area contributed by atoms with Gasteiger partial charge < -0.3 is 24.8 Å². The summed E-state index contributed by atoms with van der Waals surface area (Å²) in [5.41, 5.74) is 1.15. The van der Waals surface area contributed by atoms with Gasteiger partial charge in [-0.1, -0.05) is 12.1 Å². The lowest BCUT2D eigenvalue weighted by Gasteiger charge is -2.22. The molecule has 27 heavy (non-hydrogen) atoms. The molecule has 1 aromatic heterocycles. The highest BCUT2D eigenvalue weighted by Crippen LogP contribution is 2.30. The van der Waals surface area contributed by atoms with E-state index in [1.165, 1.54) is 0 Å². The van der Waals surface area contributed by atoms with Crippen molar-refractivity contribution >= 4 is 35.6 Å². The Morgan fingerprint density at radius 2 is 2.22 bits per heavy atom. The molecule has 1 aromatic carbocycles. The molecule has 1 atom stereocenters. The second-order valence-corrected chi connectivity index (χ2v) is 6.31. The molecule has 0 amide bonds. The van der Waals surface area contributed by atoms with Gasteiger partial charge in [-0.15, -0.1) is 24.0 Å². The lowest BCUT2D eigenvalue weighted by atomic mass is 10.2. The Morgan fingerprint density at radius 1 is 1.37 bits per heavy atom. The zero-order valence-corrected chi connectivity index (χ0v) is 18.3. The number of para-hydroxylation sites is 2. The number of nitrogens with zero attached hydrogens (tertiary/aromatic N) is 4. The van der Waals surface area contributed by atoms with Crippen LogP contribution in [0.4, 0.5) is 5.69 Å². The SMILES string of the molecule is CCNC(=NCCn1ccnc1)NC1CCN(c2ccccc2OC)C1.I. The highest BCUT2D eigenvalue weighted by atomic mass is 127. The first-order chi connectivity index (χ1) is 12.8. The largest absolute Gasteiger partial charge is 0.495 e. The van der Waals surface area contributed by atoms with Crippen LogP contribution in [0, 0.1) is 0 Å². The molecule has 3 rings (SSSR count). The van der Waals surface area contributed by atoms with Crippen molar-refractivity contribution < 1.29 is 4.74 Å². The Labute approximate surface area is 178 Å². The first-order valence-electron chi connectivity index (χ1n) is 9.18. The smallest absolute Gasteiger partial charge is 0.191 e. The lowest BCUT2D eigenvalue weighted by Crippen LogP contribution is -2.44. The molecule has 8 heteroatoms. The van der Waals surface area contributed by atoms with Gasteiger partial charge in [0, 0.05) is 44.6 Å². The van der Waals surface area contributed by atoms with Crippen molar-refractivity contribution in [2.75, 3.05) is 38.2 Å². The van der Waals surface area contributed by atoms with Crippen molar-refractivity contribution in [2.24, 2.45) is 4.99 Å². The highest BCUT2D eigenvalue weighted by molar-refractivity contribution is 14.0. The standard InChI is InChI=1S/C19H28N6O.HI/c1-3-21-19(22-10-13-24-12-9-20-15-24)23-16-8-11-25(14-16)17-6-4-5-7-18(17)26-2;/h4-7,9,12,15-16H,3,8,10-11,13-14H2,1-2H3,(H2,21,22,23);1H. The molecular weight excluding hydrogens is 455 g/mol. The van der Waals surface area contributed by atoms with Gasteiger partial charge in [0.25, 0.3) is 0 Å². The maximum absolute atomic E-state index is 5.50. The summed E-state index contributed by atoms with van der Waals surface area (Å²) < 4.78 is 7.53. The van der Waals surface area contributed by atoms with Gasteiger partial charge in [0.2, 0.25) is 0 Å². The first-order valence-corrected chi connectivity index (χ1v) is 9.18. The minimum absolute atomic E-state index is 0. The van der Waals surface area contributed by atoms with Crippen molar-refractivity contribution in [3.63, 3.8) is 0 Å². The Hall–Kier alpha value is -1.97. The van der Waals surface area contributed by atoms with E-state index in [1.54, 1.807) is 13.3 Å². The number of guanidine groups is 1. The lowest BCUT2D eigenvalue weighted by molar-refractivity contribution is 0.415. The number of rotatable bonds is 7. The molecule has 1 unspecified atom stereocenters. The van der Waals surface area contributed by atoms with E-state index >= 15 is 0 Å². The number of methoxy groups -OCH3 is 1. The number of imidazole rings is 1. The summed E-state index contributed by atoms with van der Waals surface area (Å²) in [4.78, 5) is 11.1. The molecule has 1 fully saturated rings. The molecule has 1 aliphatic rings. The van der Waals surface area contributed by atoms with Gasteiger partial charge in [-0.05, 0) is 25.5 Å². The molecule has 2 N–H and O–H groups in total. The van der Waals surface area contributed by atoms with E-state index < -0.39 is 0 Å². The predicted molar refractivity (Wildman–Crippen MR) is 120 cm³/mol. The third kappa shape index (κ3) is 6.02. The Bertz CT molecular complexity index is 706. The van der Waals surface area contributed by atoms with Crippen LogP contribution in [-0.2, 0) is 6.54 Å². The summed E-state index contributed by atoms with van der Waals surface area (Å²) in [5.74, 6) is 1.80. The zero-order chi connectivity index (χ0) is 18.2. The molecule has 0 aliphatic carbocycles. The Kier molecular flexibility index (Phi) is 8.70. The van der Waals surface area contributed by atoms with Crippen LogP contribution in [0.15, 0.2) is 48.0 Å². The third-order valence-corrected chi connectivity index (χ3v) is 4.49. The first kappa shape index (κ1) is 21.3. The fourth-order valence-electron chi connectivity index (χ4n) is 3.20. The van der Waals surface area contributed by atoms with E-state index in [2.05, 4.69) is 44.6 Å². The number of anilines is 1. The van der Waals surface area contributed by atoms with Crippen molar-refractivity contribution in [1.82, 2.24) is 20.2 Å². The zero-order valence-electron chi connectivity index (χ0n) is 16.0. The fraction of sp³-hybridized carbons (Fsp3) is 0.474. The molecule has 2 aromatic rings. The van der Waals surface area contributed by atoms with Crippen molar-refractivity contribution in [3.05, 3.63) is 43.0 Å². The molecule has 0 bridgehead atoms. The summed E-state index contributed by atoms with van der Waals surface area (Å²) in [5, 5.41) is 6.90. The maximum Gasteiger partial charge on any atom is 0.191 e. The number of nitrogens with one attached hydrogen (secondary N) is 2. The van der Waals surface area contributed by atoms with E-state index in [0.29, 0.717) is 12.6 Å². The van der Waals surface area contributed by atoms with Gasteiger partial charge in [0.1, 0.15) is 5.75 Å². The quantitative estimate of drug-likeness (QED) is 0.359. The topological polar surface area (TPSA) is 66.7 Å². The number of hydrogen-bond donors (Lipinski definition) is 2. The molecule has 1 aliphatic heterocycles. The van der Waals surface area contributed by atoms with Crippen LogP contribution in [-0.4, -0.2) is 54.8 Å². The van der Waals surface area contributed by atoms with E-state index in [-0.39, 0.29) is 24.0 Å². The molecule has 148 valence electrons. The fourth-order valence-corrected chi connectivity index (χ4v) is 3.20. The van der Waals surface area contributed by atoms with Crippen LogP contribution in [0.3, 0.4) is 0 Å². The van der Waals surface area contributed by atoms with Crippen LogP contribution in [0.5, 0.6) is 5.75 Å². The van der Waals surface area contributed by atoms with E-state index in [9.17, 15) is 0 Å². The van der Waals surface area contributed by atoms with E-state index in [4.69, 9.17) is 4.74 Å². The number of halogens is 1. The third-order valence-electron chi connectivity index (χ3n) is 4.49. The molecule has 2 heterocycles. The molecule has 1 saturated heterocycles. The van der Waals surface area contributed by atoms with Crippen molar-refractivity contribution in [1.29, 1.82) is 0 Å². The molecule has 0 spiro atoms. The summed E-state index contributed by atoms with van der Waals surface area (Å²) in [6.45, 7) is 6.42. The average molecular weight is 484 g/mol. The number of ether oxygens (including phenoxy) is 1. The summed E-state index contributed by atoms with van der Waals surface area (Å²) >= 11 is 0. The monoisotopic (exact) mass is 484 g/mol. The van der Waals surface area contributed by atoms with Gasteiger partial charge in [-0.25, -0.2) is 4.98 Å². The minimum atomic E-state index is 0. The van der Waals surface area contributed by atoms with Gasteiger partial charge in [-0.2, -0.15) is 0 Å². The molecule has 0 saturated carbocycles. The van der Waals surface area contributed by atoms with Gasteiger partial charge >= 0.3 is 0 Å². The normalized spacial score (nSPS) is 16.7. The second-order valence-electron chi connectivity index (χ2n) is 6.31. The van der Waals surface area contributed by atoms with E-state index in [0.717, 1.165) is 50.0 Å². The second kappa shape index (κ2) is 11.0. The highest BCUT2D eigenvalue weighted by Gasteiger charge is 2.25. The summed E-state index contributed by atoms with van der Waals surface area (Å²) in [6.07, 6.45) is 6.64. The van der Waals surface area contributed by atoms with Crippen molar-refractivity contribution in [2.45, 2.75) is 25.9 Å². The van der Waals surface area contributed by atoms with Gasteiger partial charge in [0.15, 0.2) is 5.96 Å². The predicted octanol–water partition coefficient (Wildman–Crippen LogP) is 2.34. The molecule has 0 radical (unpaired) electrons. The summed E-state index contributed by atoms with van der Waals surface area (Å²) in [6, 6.07) is 8.56. The molecular formula is C19H29IN6O. The Morgan fingerprint density at radius 3 is 2.96 bits per heavy atom. The van der Waals surface area contributed by atoms with Crippen molar-refractivity contribution in [3.8, 4) is 5.75 Å². The van der Waals surface area contributed by atoms with Crippen LogP contribution < -0.4 is 20.3 Å². The number of benzene rings is 1. The minimum Gasteiger partial charge on any atom is -0.495 e. The van der Waals surface area contributed by atoms with Crippen LogP contribution in [0.2, 0.25) is 0 Å². The van der Waals surface area contributed by atoms with E-state index in [1.807, 2.05) is 29.2 Å². The van der Waals surface area contributed by atoms with Gasteiger partial charge in [-0.3, -0.25) is 4.99 Å². The number of hydrogen-bond acceptors (Lipinski definition) is 4. The van der Waals surface area contributed by atoms with Crippen LogP contribution in [0.25, 0.3) is 0 Å². The maximum atomic E-state index is 5.50. The molecule has 7 nitrogen and oxygen atoms in total. The van der Waals surface area contributed by atoms with Gasteiger partial charge in [0.05, 0.1) is 25.7 Å². The van der Waals surface area contributed by atoms with Crippen LogP contribution >= 0.6 is 24.0 Å². The Balaban J connectivity index is 0.00000261.